The molecule has 0 radical (unpaired) electrons. The van der Waals surface area contributed by atoms with Crippen LogP contribution in [-0.2, 0) is 39.5 Å². The highest BCUT2D eigenvalue weighted by Gasteiger charge is 2.37. The van der Waals surface area contributed by atoms with Crippen molar-refractivity contribution in [3.05, 3.63) is 33.1 Å². The molecule has 1 aromatic rings. The lowest BCUT2D eigenvalue weighted by molar-refractivity contribution is -0.139. The third-order valence-corrected chi connectivity index (χ3v) is 11.1. The number of carbonyl (C=O) groups excluding carboxylic acids is 4. The van der Waals surface area contributed by atoms with Crippen LogP contribution in [0.2, 0.25) is 0 Å². The van der Waals surface area contributed by atoms with Crippen molar-refractivity contribution in [2.24, 2.45) is 5.73 Å². The Morgan fingerprint density at radius 2 is 1.86 bits per heavy atom. The first-order valence-corrected chi connectivity index (χ1v) is 19.7. The Hall–Kier alpha value is -2.20. The summed E-state index contributed by atoms with van der Waals surface area (Å²) < 4.78 is 22.6. The molecule has 5 atom stereocenters. The number of nitrogens with zero attached hydrogens (tertiary/aromatic N) is 2. The summed E-state index contributed by atoms with van der Waals surface area (Å²) >= 11 is 3.92. The second kappa shape index (κ2) is 20.0. The number of aliphatic hydroxyl groups is 1. The average Bonchev–Trinajstić information content (AvgIpc) is 3.39. The molecule has 0 bridgehead atoms. The smallest absolute Gasteiger partial charge is 0.390 e. The Morgan fingerprint density at radius 1 is 1.16 bits per heavy atom. The van der Waals surface area contributed by atoms with Gasteiger partial charge >= 0.3 is 13.5 Å². The molecule has 3 amide bonds. The molecule has 0 saturated carbocycles. The summed E-state index contributed by atoms with van der Waals surface area (Å²) in [6.07, 6.45) is -0.459. The molecule has 0 aliphatic carbocycles. The summed E-state index contributed by atoms with van der Waals surface area (Å²) in [6.45, 7) is 5.29. The van der Waals surface area contributed by atoms with Gasteiger partial charge in [-0.05, 0) is 12.8 Å². The molecule has 278 valence electrons. The molecule has 18 nitrogen and oxygen atoms in total. The zero-order valence-corrected chi connectivity index (χ0v) is 30.7. The van der Waals surface area contributed by atoms with Gasteiger partial charge in [-0.25, -0.2) is 9.36 Å². The fourth-order valence-corrected chi connectivity index (χ4v) is 7.00. The summed E-state index contributed by atoms with van der Waals surface area (Å²) in [5.74, 6) is -2.66. The van der Waals surface area contributed by atoms with E-state index in [-0.39, 0.29) is 48.9 Å². The SMILES string of the molecule is CC(C)(C)SSC(NC(=O)C(=O)[C@@H](N)CS)C(=O)NCCCCCC(=O)NCCn1c(=O)ccn(C2CC(O)C(COP(=O)(O)O)O2)c1=O. The van der Waals surface area contributed by atoms with Crippen LogP contribution in [0.3, 0.4) is 0 Å². The number of thiol groups is 1. The van der Waals surface area contributed by atoms with Crippen molar-refractivity contribution < 1.29 is 47.9 Å². The van der Waals surface area contributed by atoms with E-state index < -0.39 is 73.1 Å². The normalized spacial score (nSPS) is 19.2. The first kappa shape index (κ1) is 43.0. The zero-order valence-electron chi connectivity index (χ0n) is 27.3. The van der Waals surface area contributed by atoms with E-state index in [1.807, 2.05) is 20.8 Å². The number of aromatic nitrogens is 2. The number of rotatable bonds is 20. The van der Waals surface area contributed by atoms with Crippen LogP contribution in [0.5, 0.6) is 0 Å². The fourth-order valence-electron chi connectivity index (χ4n) is 4.22. The van der Waals surface area contributed by atoms with Crippen molar-refractivity contribution in [2.45, 2.75) is 94.0 Å². The topological polar surface area (TPSA) is 271 Å². The molecular formula is C27H45N6O12PS3. The minimum atomic E-state index is -4.80. The molecule has 0 spiro atoms. The van der Waals surface area contributed by atoms with Gasteiger partial charge in [-0.15, -0.1) is 0 Å². The summed E-state index contributed by atoms with van der Waals surface area (Å²) in [4.78, 5) is 92.6. The van der Waals surface area contributed by atoms with Gasteiger partial charge < -0.3 is 41.3 Å². The Balaban J connectivity index is 1.77. The first-order valence-electron chi connectivity index (χ1n) is 15.3. The number of hydrogen-bond acceptors (Lipinski definition) is 14. The minimum absolute atomic E-state index is 0.0199. The van der Waals surface area contributed by atoms with Crippen molar-refractivity contribution in [3.63, 3.8) is 0 Å². The number of phosphoric acid groups is 1. The van der Waals surface area contributed by atoms with Gasteiger partial charge in [0, 0.05) is 55.2 Å². The Labute approximate surface area is 296 Å². The van der Waals surface area contributed by atoms with E-state index in [2.05, 4.69) is 33.1 Å². The predicted octanol–water partition coefficient (Wildman–Crippen LogP) is -0.991. The first-order chi connectivity index (χ1) is 22.8. The molecule has 1 saturated heterocycles. The zero-order chi connectivity index (χ0) is 36.9. The van der Waals surface area contributed by atoms with Gasteiger partial charge in [-0.2, -0.15) is 12.6 Å². The summed E-state index contributed by atoms with van der Waals surface area (Å²) in [5, 5.41) is 16.9. The number of aliphatic hydroxyl groups excluding tert-OH is 1. The number of carbonyl (C=O) groups is 4. The fraction of sp³-hybridized carbons (Fsp3) is 0.704. The maximum atomic E-state index is 13.0. The largest absolute Gasteiger partial charge is 0.469 e. The Bertz CT molecular complexity index is 1470. The van der Waals surface area contributed by atoms with E-state index in [1.165, 1.54) is 17.0 Å². The molecule has 22 heteroatoms. The molecule has 2 heterocycles. The number of ether oxygens (including phenoxy) is 1. The molecule has 1 aromatic heterocycles. The number of nitrogens with one attached hydrogen (secondary N) is 3. The lowest BCUT2D eigenvalue weighted by Crippen LogP contribution is -2.50. The number of amides is 3. The second-order valence-corrected chi connectivity index (χ2v) is 16.7. The van der Waals surface area contributed by atoms with E-state index in [1.54, 1.807) is 0 Å². The van der Waals surface area contributed by atoms with Gasteiger partial charge in [0.15, 0.2) is 5.37 Å². The van der Waals surface area contributed by atoms with Crippen molar-refractivity contribution in [1.29, 1.82) is 0 Å². The molecule has 8 N–H and O–H groups in total. The maximum absolute atomic E-state index is 13.0. The molecule has 1 aliphatic rings. The van der Waals surface area contributed by atoms with Crippen LogP contribution in [0.15, 0.2) is 21.9 Å². The standard InChI is InChI=1S/C27H45N6O12PS3/c1-27(2,3)49-48-25(31-23(38)22(37)16(28)15-47)24(39)30-9-6-4-5-7-19(35)29-10-12-32-20(36)8-11-33(26(32)40)21-13-17(34)18(45-21)14-44-46(41,42)43/h8,11,16-18,21,25,34,47H,4-7,9-10,12-15,28H2,1-3H3,(H,29,35)(H,30,39)(H,31,38)(H2,41,42,43)/t16-,17?,18?,21?,25?/m0/s1. The highest BCUT2D eigenvalue weighted by atomic mass is 33.1. The molecule has 1 fully saturated rings. The van der Waals surface area contributed by atoms with Crippen molar-refractivity contribution in [1.82, 2.24) is 25.1 Å². The maximum Gasteiger partial charge on any atom is 0.469 e. The Morgan fingerprint density at radius 3 is 2.49 bits per heavy atom. The lowest BCUT2D eigenvalue weighted by atomic mass is 10.2. The quantitative estimate of drug-likeness (QED) is 0.0197. The van der Waals surface area contributed by atoms with Crippen LogP contribution in [0, 0.1) is 0 Å². The van der Waals surface area contributed by atoms with Crippen LogP contribution in [0.1, 0.15) is 59.1 Å². The van der Waals surface area contributed by atoms with Gasteiger partial charge in [0.1, 0.15) is 12.3 Å². The molecular weight excluding hydrogens is 728 g/mol. The van der Waals surface area contributed by atoms with Crippen molar-refractivity contribution >= 4 is 65.5 Å². The summed E-state index contributed by atoms with van der Waals surface area (Å²) in [5.41, 5.74) is 4.21. The van der Waals surface area contributed by atoms with Crippen molar-refractivity contribution in [3.8, 4) is 0 Å². The van der Waals surface area contributed by atoms with E-state index in [4.69, 9.17) is 20.3 Å². The van der Waals surface area contributed by atoms with Gasteiger partial charge in [0.05, 0.1) is 18.8 Å². The van der Waals surface area contributed by atoms with Crippen LogP contribution in [0.4, 0.5) is 0 Å². The highest BCUT2D eigenvalue weighted by Crippen LogP contribution is 2.38. The molecule has 49 heavy (non-hydrogen) atoms. The Kier molecular flexibility index (Phi) is 17.5. The molecule has 4 unspecified atom stereocenters. The average molecular weight is 773 g/mol. The number of nitrogens with two attached hydrogens (primary N) is 1. The van der Waals surface area contributed by atoms with E-state index in [0.717, 1.165) is 26.0 Å². The van der Waals surface area contributed by atoms with E-state index >= 15 is 0 Å². The monoisotopic (exact) mass is 772 g/mol. The van der Waals surface area contributed by atoms with Crippen LogP contribution in [0.25, 0.3) is 0 Å². The predicted molar refractivity (Wildman–Crippen MR) is 186 cm³/mol. The third-order valence-electron chi connectivity index (χ3n) is 6.71. The van der Waals surface area contributed by atoms with Gasteiger partial charge in [-0.1, -0.05) is 48.8 Å². The summed E-state index contributed by atoms with van der Waals surface area (Å²) in [6, 6.07) is 0.0332. The molecule has 0 aromatic carbocycles. The van der Waals surface area contributed by atoms with Gasteiger partial charge in [0.2, 0.25) is 11.7 Å². The molecule has 2 rings (SSSR count). The van der Waals surface area contributed by atoms with Crippen LogP contribution < -0.4 is 32.9 Å². The van der Waals surface area contributed by atoms with Crippen LogP contribution >= 0.6 is 42.0 Å². The van der Waals surface area contributed by atoms with E-state index in [9.17, 15) is 38.4 Å². The van der Waals surface area contributed by atoms with Crippen molar-refractivity contribution in [2.75, 3.05) is 25.4 Å². The third kappa shape index (κ3) is 15.3. The number of ketones is 1. The van der Waals surface area contributed by atoms with E-state index in [0.29, 0.717) is 19.3 Å². The number of Topliss-reactive ketones (excluding diaryl/α,β-unsaturated/α-hetero) is 1. The van der Waals surface area contributed by atoms with Gasteiger partial charge in [0.25, 0.3) is 17.4 Å². The number of unbranched alkanes of at least 4 members (excludes halogenated alkanes) is 2. The lowest BCUT2D eigenvalue weighted by Gasteiger charge is -2.22. The second-order valence-electron chi connectivity index (χ2n) is 12.0. The summed E-state index contributed by atoms with van der Waals surface area (Å²) in [7, 11) is -2.32. The minimum Gasteiger partial charge on any atom is -0.390 e. The van der Waals surface area contributed by atoms with Crippen LogP contribution in [-0.4, -0.2) is 101 Å². The number of hydrogen-bond donors (Lipinski definition) is 8. The number of phosphoric ester groups is 1. The highest BCUT2D eigenvalue weighted by molar-refractivity contribution is 8.77. The molecule has 1 aliphatic heterocycles. The van der Waals surface area contributed by atoms with Gasteiger partial charge in [-0.3, -0.25) is 37.6 Å².